The molecule has 22 heavy (non-hydrogen) atoms. The zero-order valence-electron chi connectivity index (χ0n) is 12.5. The summed E-state index contributed by atoms with van der Waals surface area (Å²) >= 11 is 0. The Hall–Kier alpha value is -2.29. The number of esters is 1. The van der Waals surface area contributed by atoms with Gasteiger partial charge in [-0.25, -0.2) is 4.79 Å². The molecule has 110 valence electrons. The average molecular weight is 291 g/mol. The van der Waals surface area contributed by atoms with Crippen molar-refractivity contribution in [3.63, 3.8) is 0 Å². The number of rotatable bonds is 1. The number of nitrogens with zero attached hydrogens (tertiary/aromatic N) is 1. The quantitative estimate of drug-likeness (QED) is 0.755. The van der Waals surface area contributed by atoms with Crippen LogP contribution in [0.3, 0.4) is 0 Å². The summed E-state index contributed by atoms with van der Waals surface area (Å²) in [5.74, 6) is 0.183. The van der Waals surface area contributed by atoms with Gasteiger partial charge in [-0.15, -0.1) is 0 Å². The van der Waals surface area contributed by atoms with Crippen molar-refractivity contribution in [2.45, 2.75) is 31.0 Å². The van der Waals surface area contributed by atoms with Gasteiger partial charge in [0.1, 0.15) is 0 Å². The van der Waals surface area contributed by atoms with Crippen LogP contribution < -0.4 is 4.90 Å². The summed E-state index contributed by atoms with van der Waals surface area (Å²) in [6.07, 6.45) is 1.83. The van der Waals surface area contributed by atoms with E-state index in [4.69, 9.17) is 4.74 Å². The molecule has 0 N–H and O–H groups in total. The lowest BCUT2D eigenvalue weighted by molar-refractivity contribution is -0.158. The summed E-state index contributed by atoms with van der Waals surface area (Å²) in [7, 11) is 0. The zero-order valence-corrected chi connectivity index (χ0v) is 12.5. The minimum atomic E-state index is -0.648. The summed E-state index contributed by atoms with van der Waals surface area (Å²) in [6.45, 7) is 2.05. The first kappa shape index (κ1) is 12.3. The van der Waals surface area contributed by atoms with Crippen LogP contribution in [-0.4, -0.2) is 11.7 Å². The van der Waals surface area contributed by atoms with E-state index in [2.05, 4.69) is 42.2 Å². The second-order valence-corrected chi connectivity index (χ2v) is 6.77. The fraction of sp³-hybridized carbons (Fsp3) is 0.316. The van der Waals surface area contributed by atoms with Gasteiger partial charge in [0.15, 0.2) is 11.3 Å². The average Bonchev–Trinajstić information content (AvgIpc) is 2.86. The van der Waals surface area contributed by atoms with Crippen LogP contribution in [0.5, 0.6) is 0 Å². The Balaban J connectivity index is 1.83. The van der Waals surface area contributed by atoms with Crippen molar-refractivity contribution >= 4 is 11.7 Å². The monoisotopic (exact) mass is 291 g/mol. The van der Waals surface area contributed by atoms with Gasteiger partial charge in [-0.2, -0.15) is 0 Å². The van der Waals surface area contributed by atoms with Crippen molar-refractivity contribution < 1.29 is 9.53 Å². The summed E-state index contributed by atoms with van der Waals surface area (Å²) in [6, 6.07) is 18.5. The Morgan fingerprint density at radius 1 is 1.09 bits per heavy atom. The summed E-state index contributed by atoms with van der Waals surface area (Å²) < 4.78 is 5.86. The second-order valence-electron chi connectivity index (χ2n) is 6.77. The van der Waals surface area contributed by atoms with E-state index in [1.165, 1.54) is 5.56 Å². The predicted molar refractivity (Wildman–Crippen MR) is 83.3 cm³/mol. The molecule has 0 aliphatic carbocycles. The first-order valence-electron chi connectivity index (χ1n) is 7.83. The van der Waals surface area contributed by atoms with Crippen LogP contribution in [0.15, 0.2) is 54.6 Å². The van der Waals surface area contributed by atoms with Crippen LogP contribution in [0.4, 0.5) is 5.69 Å². The maximum Gasteiger partial charge on any atom is 0.339 e. The maximum absolute atomic E-state index is 12.9. The lowest BCUT2D eigenvalue weighted by Gasteiger charge is -2.42. The van der Waals surface area contributed by atoms with Gasteiger partial charge in [0.05, 0.1) is 0 Å². The number of ether oxygens (including phenoxy) is 1. The topological polar surface area (TPSA) is 29.5 Å². The molecule has 2 aromatic rings. The number of fused-ring (bicyclic) bond motifs is 1. The Labute approximate surface area is 129 Å². The van der Waals surface area contributed by atoms with Gasteiger partial charge in [-0.1, -0.05) is 48.5 Å². The SMILES string of the molecule is C[C@@]12C[C@H]3Cc4ccccc4N1[C@@]3(c1ccccc1)C(=O)O2. The molecule has 0 aromatic heterocycles. The van der Waals surface area contributed by atoms with Gasteiger partial charge in [0.25, 0.3) is 0 Å². The molecule has 3 aliphatic rings. The van der Waals surface area contributed by atoms with Gasteiger partial charge in [0, 0.05) is 18.0 Å². The van der Waals surface area contributed by atoms with Crippen LogP contribution in [0, 0.1) is 5.92 Å². The highest BCUT2D eigenvalue weighted by molar-refractivity contribution is 5.94. The second kappa shape index (κ2) is 3.72. The fourth-order valence-corrected chi connectivity index (χ4v) is 4.88. The molecule has 2 saturated heterocycles. The molecule has 3 aliphatic heterocycles. The van der Waals surface area contributed by atoms with Gasteiger partial charge in [-0.3, -0.25) is 0 Å². The minimum Gasteiger partial charge on any atom is -0.437 e. The third kappa shape index (κ3) is 1.18. The lowest BCUT2D eigenvalue weighted by Crippen LogP contribution is -2.52. The van der Waals surface area contributed by atoms with E-state index in [1.54, 1.807) is 0 Å². The van der Waals surface area contributed by atoms with Crippen molar-refractivity contribution in [1.82, 2.24) is 0 Å². The van der Waals surface area contributed by atoms with Crippen molar-refractivity contribution in [3.8, 4) is 0 Å². The van der Waals surface area contributed by atoms with E-state index in [-0.39, 0.29) is 11.9 Å². The van der Waals surface area contributed by atoms with Gasteiger partial charge in [0.2, 0.25) is 0 Å². The molecule has 5 rings (SSSR count). The van der Waals surface area contributed by atoms with E-state index >= 15 is 0 Å². The number of para-hydroxylation sites is 1. The van der Waals surface area contributed by atoms with E-state index < -0.39 is 11.3 Å². The number of benzene rings is 2. The summed E-state index contributed by atoms with van der Waals surface area (Å²) in [5, 5.41) is 0. The lowest BCUT2D eigenvalue weighted by atomic mass is 9.72. The van der Waals surface area contributed by atoms with Crippen molar-refractivity contribution in [3.05, 3.63) is 65.7 Å². The van der Waals surface area contributed by atoms with Gasteiger partial charge in [-0.05, 0) is 30.5 Å². The molecule has 2 aromatic carbocycles. The molecule has 3 atom stereocenters. The molecule has 2 fully saturated rings. The molecular formula is C19H17NO2. The van der Waals surface area contributed by atoms with E-state index in [9.17, 15) is 4.79 Å². The Kier molecular flexibility index (Phi) is 2.08. The third-order valence-electron chi connectivity index (χ3n) is 5.58. The van der Waals surface area contributed by atoms with Crippen molar-refractivity contribution in [2.24, 2.45) is 5.92 Å². The molecule has 3 heteroatoms. The summed E-state index contributed by atoms with van der Waals surface area (Å²) in [5.41, 5.74) is 2.35. The molecular weight excluding hydrogens is 274 g/mol. The number of anilines is 1. The Morgan fingerprint density at radius 3 is 2.64 bits per heavy atom. The highest BCUT2D eigenvalue weighted by Gasteiger charge is 2.73. The number of hydrogen-bond donors (Lipinski definition) is 0. The van der Waals surface area contributed by atoms with Crippen LogP contribution >= 0.6 is 0 Å². The molecule has 0 radical (unpaired) electrons. The van der Waals surface area contributed by atoms with Crippen LogP contribution in [0.2, 0.25) is 0 Å². The third-order valence-corrected chi connectivity index (χ3v) is 5.58. The molecule has 0 spiro atoms. The number of carbonyl (C=O) groups is 1. The van der Waals surface area contributed by atoms with E-state index in [0.717, 1.165) is 24.1 Å². The minimum absolute atomic E-state index is 0.0908. The van der Waals surface area contributed by atoms with Crippen LogP contribution in [0.1, 0.15) is 24.5 Å². The van der Waals surface area contributed by atoms with Gasteiger partial charge >= 0.3 is 5.97 Å². The molecule has 3 nitrogen and oxygen atoms in total. The number of carbonyl (C=O) groups excluding carboxylic acids is 1. The van der Waals surface area contributed by atoms with Crippen LogP contribution in [0.25, 0.3) is 0 Å². The number of hydrogen-bond acceptors (Lipinski definition) is 3. The molecule has 4 bridgehead atoms. The molecule has 3 heterocycles. The Morgan fingerprint density at radius 2 is 1.82 bits per heavy atom. The fourth-order valence-electron chi connectivity index (χ4n) is 4.88. The smallest absolute Gasteiger partial charge is 0.339 e. The molecule has 0 unspecified atom stereocenters. The first-order chi connectivity index (χ1) is 10.7. The highest BCUT2D eigenvalue weighted by atomic mass is 16.6. The Bertz CT molecular complexity index is 787. The molecule has 0 saturated carbocycles. The normalized spacial score (nSPS) is 34.5. The largest absolute Gasteiger partial charge is 0.437 e. The van der Waals surface area contributed by atoms with E-state index in [1.807, 2.05) is 24.3 Å². The first-order valence-corrected chi connectivity index (χ1v) is 7.83. The van der Waals surface area contributed by atoms with Gasteiger partial charge < -0.3 is 9.64 Å². The standard InChI is InChI=1S/C19H17NO2/c1-18-12-15-11-13-7-5-6-10-16(13)20(18)19(15,17(21)22-18)14-8-3-2-4-9-14/h2-10,15H,11-12H2,1H3/t15-,18-,19-/m1/s1. The summed E-state index contributed by atoms with van der Waals surface area (Å²) in [4.78, 5) is 15.2. The predicted octanol–water partition coefficient (Wildman–Crippen LogP) is 3.24. The zero-order chi connectivity index (χ0) is 14.9. The highest BCUT2D eigenvalue weighted by Crippen LogP contribution is 2.63. The molecule has 0 amide bonds. The maximum atomic E-state index is 12.9. The van der Waals surface area contributed by atoms with Crippen molar-refractivity contribution in [1.29, 1.82) is 0 Å². The van der Waals surface area contributed by atoms with Crippen LogP contribution in [-0.2, 0) is 21.5 Å². The van der Waals surface area contributed by atoms with Crippen molar-refractivity contribution in [2.75, 3.05) is 4.90 Å². The van der Waals surface area contributed by atoms with E-state index in [0.29, 0.717) is 0 Å².